The van der Waals surface area contributed by atoms with E-state index in [0.29, 0.717) is 34.7 Å². The van der Waals surface area contributed by atoms with Crippen LogP contribution in [-0.2, 0) is 0 Å². The van der Waals surface area contributed by atoms with Gasteiger partial charge < -0.3 is 10.2 Å². The molecule has 1 atom stereocenters. The number of halogens is 1. The predicted octanol–water partition coefficient (Wildman–Crippen LogP) is 2.87. The fourth-order valence-corrected chi connectivity index (χ4v) is 3.52. The van der Waals surface area contributed by atoms with Crippen LogP contribution >= 0.6 is 0 Å². The zero-order valence-corrected chi connectivity index (χ0v) is 15.0. The zero-order chi connectivity index (χ0) is 18.8. The van der Waals surface area contributed by atoms with Crippen LogP contribution in [0, 0.1) is 12.7 Å². The molecule has 1 fully saturated rings. The lowest BCUT2D eigenvalue weighted by atomic mass is 10.0. The fraction of sp³-hybridized carbons (Fsp3) is 0.300. The van der Waals surface area contributed by atoms with E-state index < -0.39 is 0 Å². The van der Waals surface area contributed by atoms with Crippen LogP contribution in [0.15, 0.2) is 42.7 Å². The first-order chi connectivity index (χ1) is 13.1. The fourth-order valence-electron chi connectivity index (χ4n) is 3.52. The van der Waals surface area contributed by atoms with E-state index in [1.54, 1.807) is 37.5 Å². The Morgan fingerprint density at radius 1 is 1.26 bits per heavy atom. The average molecular weight is 365 g/mol. The molecular formula is C20H20FN5O. The Balaban J connectivity index is 1.55. The Labute approximate surface area is 156 Å². The van der Waals surface area contributed by atoms with Gasteiger partial charge in [-0.05, 0) is 44.0 Å². The third-order valence-electron chi connectivity index (χ3n) is 4.74. The van der Waals surface area contributed by atoms with Crippen molar-refractivity contribution in [3.8, 4) is 0 Å². The standard InChI is InChI=1S/C20H20FN5O/c1-13-10-17(16-6-5-14(21)11-18(16)24-13)19(27)25-15-4-2-9-26(12-15)20-22-7-3-8-23-20/h3,5-8,10-11,15H,2,4,9,12H2,1H3,(H,25,27)/t15-/m0/s1. The summed E-state index contributed by atoms with van der Waals surface area (Å²) >= 11 is 0. The maximum absolute atomic E-state index is 13.5. The van der Waals surface area contributed by atoms with Crippen molar-refractivity contribution in [2.45, 2.75) is 25.8 Å². The molecule has 4 rings (SSSR count). The van der Waals surface area contributed by atoms with Gasteiger partial charge in [0.1, 0.15) is 5.82 Å². The van der Waals surface area contributed by atoms with Crippen LogP contribution in [-0.4, -0.2) is 40.0 Å². The number of hydrogen-bond donors (Lipinski definition) is 1. The van der Waals surface area contributed by atoms with Gasteiger partial charge in [0.15, 0.2) is 0 Å². The molecule has 2 aromatic heterocycles. The highest BCUT2D eigenvalue weighted by Crippen LogP contribution is 2.21. The minimum Gasteiger partial charge on any atom is -0.348 e. The number of carbonyl (C=O) groups excluding carboxylic acids is 1. The van der Waals surface area contributed by atoms with Crippen LogP contribution in [0.1, 0.15) is 28.9 Å². The van der Waals surface area contributed by atoms with Crippen molar-refractivity contribution in [3.05, 3.63) is 59.8 Å². The molecule has 1 saturated heterocycles. The van der Waals surface area contributed by atoms with E-state index in [1.807, 2.05) is 0 Å². The molecule has 6 nitrogen and oxygen atoms in total. The van der Waals surface area contributed by atoms with Gasteiger partial charge in [-0.3, -0.25) is 9.78 Å². The number of nitrogens with zero attached hydrogens (tertiary/aromatic N) is 4. The number of anilines is 1. The minimum atomic E-state index is -0.363. The van der Waals surface area contributed by atoms with E-state index in [-0.39, 0.29) is 17.8 Å². The Morgan fingerprint density at radius 3 is 2.89 bits per heavy atom. The Bertz CT molecular complexity index is 974. The molecule has 0 radical (unpaired) electrons. The number of amides is 1. The molecule has 0 unspecified atom stereocenters. The summed E-state index contributed by atoms with van der Waals surface area (Å²) in [6, 6.07) is 7.85. The summed E-state index contributed by atoms with van der Waals surface area (Å²) in [5.74, 6) is 0.146. The number of piperidine rings is 1. The van der Waals surface area contributed by atoms with Gasteiger partial charge in [0.25, 0.3) is 5.91 Å². The molecular weight excluding hydrogens is 345 g/mol. The SMILES string of the molecule is Cc1cc(C(=O)N[C@H]2CCCN(c3ncccn3)C2)c2ccc(F)cc2n1. The molecule has 0 spiro atoms. The summed E-state index contributed by atoms with van der Waals surface area (Å²) in [5, 5.41) is 3.76. The number of hydrogen-bond acceptors (Lipinski definition) is 5. The number of carbonyl (C=O) groups is 1. The largest absolute Gasteiger partial charge is 0.348 e. The van der Waals surface area contributed by atoms with Gasteiger partial charge in [-0.25, -0.2) is 14.4 Å². The highest BCUT2D eigenvalue weighted by Gasteiger charge is 2.24. The second-order valence-corrected chi connectivity index (χ2v) is 6.78. The summed E-state index contributed by atoms with van der Waals surface area (Å²) in [6.45, 7) is 3.33. The number of aryl methyl sites for hydroxylation is 1. The Morgan fingerprint density at radius 2 is 2.07 bits per heavy atom. The van der Waals surface area contributed by atoms with Crippen LogP contribution < -0.4 is 10.2 Å². The minimum absolute atomic E-state index is 0.000902. The van der Waals surface area contributed by atoms with Gasteiger partial charge in [-0.15, -0.1) is 0 Å². The van der Waals surface area contributed by atoms with Crippen LogP contribution in [0.2, 0.25) is 0 Å². The van der Waals surface area contributed by atoms with E-state index in [4.69, 9.17) is 0 Å². The van der Waals surface area contributed by atoms with Gasteiger partial charge in [0.05, 0.1) is 11.1 Å². The predicted molar refractivity (Wildman–Crippen MR) is 101 cm³/mol. The van der Waals surface area contributed by atoms with Crippen molar-refractivity contribution in [1.29, 1.82) is 0 Å². The molecule has 1 amide bonds. The van der Waals surface area contributed by atoms with E-state index in [0.717, 1.165) is 19.4 Å². The zero-order valence-electron chi connectivity index (χ0n) is 15.0. The second-order valence-electron chi connectivity index (χ2n) is 6.78. The Hall–Kier alpha value is -3.09. The van der Waals surface area contributed by atoms with Crippen molar-refractivity contribution >= 4 is 22.8 Å². The van der Waals surface area contributed by atoms with E-state index in [9.17, 15) is 9.18 Å². The lowest BCUT2D eigenvalue weighted by Crippen LogP contribution is -2.48. The molecule has 7 heteroatoms. The van der Waals surface area contributed by atoms with Crippen molar-refractivity contribution in [1.82, 2.24) is 20.3 Å². The summed E-state index contributed by atoms with van der Waals surface area (Å²) in [4.78, 5) is 27.9. The van der Waals surface area contributed by atoms with Crippen molar-refractivity contribution < 1.29 is 9.18 Å². The summed E-state index contributed by atoms with van der Waals surface area (Å²) in [5.41, 5.74) is 1.69. The summed E-state index contributed by atoms with van der Waals surface area (Å²) in [7, 11) is 0. The molecule has 1 aliphatic heterocycles. The van der Waals surface area contributed by atoms with Crippen LogP contribution in [0.4, 0.5) is 10.3 Å². The summed E-state index contributed by atoms with van der Waals surface area (Å²) < 4.78 is 13.5. The molecule has 0 bridgehead atoms. The molecule has 0 saturated carbocycles. The molecule has 3 aromatic rings. The maximum Gasteiger partial charge on any atom is 0.252 e. The highest BCUT2D eigenvalue weighted by atomic mass is 19.1. The normalized spacial score (nSPS) is 17.1. The first-order valence-electron chi connectivity index (χ1n) is 9.00. The molecule has 0 aliphatic carbocycles. The van der Waals surface area contributed by atoms with Gasteiger partial charge in [-0.1, -0.05) is 0 Å². The number of nitrogens with one attached hydrogen (secondary N) is 1. The van der Waals surface area contributed by atoms with Gasteiger partial charge in [0, 0.05) is 48.7 Å². The average Bonchev–Trinajstić information content (AvgIpc) is 2.68. The number of rotatable bonds is 3. The third kappa shape index (κ3) is 3.72. The van der Waals surface area contributed by atoms with Gasteiger partial charge in [-0.2, -0.15) is 0 Å². The van der Waals surface area contributed by atoms with E-state index in [2.05, 4.69) is 25.2 Å². The van der Waals surface area contributed by atoms with Crippen LogP contribution in [0.5, 0.6) is 0 Å². The number of fused-ring (bicyclic) bond motifs is 1. The van der Waals surface area contributed by atoms with Crippen molar-refractivity contribution in [3.63, 3.8) is 0 Å². The topological polar surface area (TPSA) is 71.0 Å². The van der Waals surface area contributed by atoms with Crippen LogP contribution in [0.25, 0.3) is 10.9 Å². The molecule has 1 aromatic carbocycles. The molecule has 1 N–H and O–H groups in total. The Kier molecular flexibility index (Phi) is 4.66. The van der Waals surface area contributed by atoms with Crippen molar-refractivity contribution in [2.75, 3.05) is 18.0 Å². The van der Waals surface area contributed by atoms with Gasteiger partial charge in [0.2, 0.25) is 5.95 Å². The van der Waals surface area contributed by atoms with E-state index >= 15 is 0 Å². The third-order valence-corrected chi connectivity index (χ3v) is 4.74. The molecule has 138 valence electrons. The molecule has 27 heavy (non-hydrogen) atoms. The summed E-state index contributed by atoms with van der Waals surface area (Å²) in [6.07, 6.45) is 5.28. The van der Waals surface area contributed by atoms with Crippen LogP contribution in [0.3, 0.4) is 0 Å². The maximum atomic E-state index is 13.5. The number of benzene rings is 1. The smallest absolute Gasteiger partial charge is 0.252 e. The van der Waals surface area contributed by atoms with Gasteiger partial charge >= 0.3 is 0 Å². The quantitative estimate of drug-likeness (QED) is 0.773. The first kappa shape index (κ1) is 17.3. The highest BCUT2D eigenvalue weighted by molar-refractivity contribution is 6.06. The molecule has 3 heterocycles. The first-order valence-corrected chi connectivity index (χ1v) is 9.00. The molecule has 1 aliphatic rings. The number of aromatic nitrogens is 3. The lowest BCUT2D eigenvalue weighted by Gasteiger charge is -2.33. The van der Waals surface area contributed by atoms with Crippen molar-refractivity contribution in [2.24, 2.45) is 0 Å². The number of pyridine rings is 1. The second kappa shape index (κ2) is 7.26. The lowest BCUT2D eigenvalue weighted by molar-refractivity contribution is 0.0934. The monoisotopic (exact) mass is 365 g/mol. The van der Waals surface area contributed by atoms with E-state index in [1.165, 1.54) is 12.1 Å².